The topological polar surface area (TPSA) is 76.0 Å². The molecule has 1 aromatic carbocycles. The number of hydrogen-bond donors (Lipinski definition) is 2. The Bertz CT molecular complexity index is 640. The standard InChI is InChI=1S/C24H38O5Si/c1-4-30(5-2,6-3)29-24(20-28-19-21-12-8-7-9-13-21)17-11-15-22(26)14-10-16-23(27)18-25/h7-9,12-13,23-25,27H,4-6,10,14,16-20H2,1-3H3/t23-,24+/m1/s1. The van der Waals surface area contributed by atoms with E-state index in [1.165, 1.54) is 0 Å². The molecular formula is C24H38O5Si. The van der Waals surface area contributed by atoms with Crippen LogP contribution in [0.5, 0.6) is 0 Å². The Morgan fingerprint density at radius 3 is 2.40 bits per heavy atom. The predicted molar refractivity (Wildman–Crippen MR) is 123 cm³/mol. The maximum absolute atomic E-state index is 12.0. The van der Waals surface area contributed by atoms with Gasteiger partial charge in [0.05, 0.1) is 32.0 Å². The molecular weight excluding hydrogens is 396 g/mol. The highest BCUT2D eigenvalue weighted by atomic mass is 28.4. The predicted octanol–water partition coefficient (Wildman–Crippen LogP) is 4.08. The lowest BCUT2D eigenvalue weighted by molar-refractivity contribution is -0.114. The van der Waals surface area contributed by atoms with E-state index in [0.29, 0.717) is 32.5 Å². The van der Waals surface area contributed by atoms with Crippen molar-refractivity contribution in [2.75, 3.05) is 13.2 Å². The molecule has 0 amide bonds. The molecule has 2 N–H and O–H groups in total. The van der Waals surface area contributed by atoms with Crippen LogP contribution in [-0.4, -0.2) is 49.7 Å². The van der Waals surface area contributed by atoms with E-state index in [4.69, 9.17) is 14.3 Å². The van der Waals surface area contributed by atoms with Crippen molar-refractivity contribution >= 4 is 14.1 Å². The Labute approximate surface area is 182 Å². The van der Waals surface area contributed by atoms with Crippen LogP contribution in [0.25, 0.3) is 0 Å². The lowest BCUT2D eigenvalue weighted by Gasteiger charge is -2.32. The molecule has 0 saturated heterocycles. The minimum atomic E-state index is -1.81. The van der Waals surface area contributed by atoms with Gasteiger partial charge in [0.25, 0.3) is 0 Å². The summed E-state index contributed by atoms with van der Waals surface area (Å²) >= 11 is 0. The van der Waals surface area contributed by atoms with Crippen LogP contribution in [0, 0.1) is 11.8 Å². The zero-order chi connectivity index (χ0) is 22.2. The zero-order valence-electron chi connectivity index (χ0n) is 18.7. The van der Waals surface area contributed by atoms with Gasteiger partial charge in [0.2, 0.25) is 5.78 Å². The van der Waals surface area contributed by atoms with Crippen molar-refractivity contribution in [3.63, 3.8) is 0 Å². The van der Waals surface area contributed by atoms with Gasteiger partial charge < -0.3 is 19.4 Å². The fourth-order valence-electron chi connectivity index (χ4n) is 3.29. The number of aliphatic hydroxyl groups excluding tert-OH is 2. The highest BCUT2D eigenvalue weighted by Crippen LogP contribution is 2.24. The van der Waals surface area contributed by atoms with E-state index < -0.39 is 14.4 Å². The van der Waals surface area contributed by atoms with E-state index in [2.05, 4.69) is 32.6 Å². The van der Waals surface area contributed by atoms with E-state index in [0.717, 1.165) is 23.7 Å². The smallest absolute Gasteiger partial charge is 0.205 e. The largest absolute Gasteiger partial charge is 0.411 e. The molecule has 0 heterocycles. The number of Topliss-reactive ketones (excluding diaryl/α,β-unsaturated/α-hetero) is 1. The molecule has 0 spiro atoms. The van der Waals surface area contributed by atoms with Gasteiger partial charge in [-0.1, -0.05) is 57.0 Å². The third kappa shape index (κ3) is 10.5. The van der Waals surface area contributed by atoms with Crippen molar-refractivity contribution < 1.29 is 24.2 Å². The van der Waals surface area contributed by atoms with Crippen LogP contribution in [0.1, 0.15) is 52.0 Å². The maximum atomic E-state index is 12.0. The highest BCUT2D eigenvalue weighted by molar-refractivity contribution is 6.73. The van der Waals surface area contributed by atoms with Gasteiger partial charge in [-0.2, -0.15) is 0 Å². The van der Waals surface area contributed by atoms with Crippen molar-refractivity contribution in [1.82, 2.24) is 0 Å². The number of hydrogen-bond acceptors (Lipinski definition) is 5. The Kier molecular flexibility index (Phi) is 13.6. The van der Waals surface area contributed by atoms with Gasteiger partial charge >= 0.3 is 0 Å². The Morgan fingerprint density at radius 2 is 1.80 bits per heavy atom. The number of aliphatic hydroxyl groups is 2. The zero-order valence-corrected chi connectivity index (χ0v) is 19.7. The van der Waals surface area contributed by atoms with E-state index in [-0.39, 0.29) is 24.9 Å². The monoisotopic (exact) mass is 434 g/mol. The average Bonchev–Trinajstić information content (AvgIpc) is 2.77. The van der Waals surface area contributed by atoms with Gasteiger partial charge in [0.1, 0.15) is 0 Å². The van der Waals surface area contributed by atoms with Gasteiger partial charge in [0, 0.05) is 12.8 Å². The third-order valence-electron chi connectivity index (χ3n) is 5.47. The lowest BCUT2D eigenvalue weighted by Crippen LogP contribution is -2.41. The molecule has 30 heavy (non-hydrogen) atoms. The van der Waals surface area contributed by atoms with Crippen molar-refractivity contribution in [2.24, 2.45) is 0 Å². The first-order valence-electron chi connectivity index (χ1n) is 11.1. The Balaban J connectivity index is 2.63. The molecule has 0 saturated carbocycles. The Hall–Kier alpha value is -1.49. The summed E-state index contributed by atoms with van der Waals surface area (Å²) in [5.41, 5.74) is 1.12. The van der Waals surface area contributed by atoms with E-state index in [9.17, 15) is 9.90 Å². The molecule has 0 radical (unpaired) electrons. The number of ether oxygens (including phenoxy) is 1. The number of rotatable bonds is 15. The SMILES string of the molecule is CC[Si](CC)(CC)O[C@@H](CC#CC(=O)CCC[C@@H](O)CO)COCc1ccccc1. The van der Waals surface area contributed by atoms with E-state index in [1.54, 1.807) is 0 Å². The first-order chi connectivity index (χ1) is 14.5. The van der Waals surface area contributed by atoms with Crippen molar-refractivity contribution in [3.8, 4) is 11.8 Å². The maximum Gasteiger partial charge on any atom is 0.205 e. The summed E-state index contributed by atoms with van der Waals surface area (Å²) in [7, 11) is -1.81. The number of carbonyl (C=O) groups is 1. The Morgan fingerprint density at radius 1 is 1.13 bits per heavy atom. The molecule has 0 fully saturated rings. The van der Waals surface area contributed by atoms with E-state index in [1.807, 2.05) is 30.3 Å². The molecule has 1 aromatic rings. The normalized spacial score (nSPS) is 13.4. The minimum absolute atomic E-state index is 0.142. The average molecular weight is 435 g/mol. The third-order valence-corrected chi connectivity index (χ3v) is 10.2. The van der Waals surface area contributed by atoms with Crippen molar-refractivity contribution in [1.29, 1.82) is 0 Å². The summed E-state index contributed by atoms with van der Waals surface area (Å²) < 4.78 is 12.5. The van der Waals surface area contributed by atoms with Crippen LogP contribution < -0.4 is 0 Å². The summed E-state index contributed by atoms with van der Waals surface area (Å²) in [4.78, 5) is 12.0. The number of benzene rings is 1. The van der Waals surface area contributed by atoms with Gasteiger partial charge in [-0.15, -0.1) is 0 Å². The molecule has 0 aliphatic carbocycles. The molecule has 5 nitrogen and oxygen atoms in total. The summed E-state index contributed by atoms with van der Waals surface area (Å²) in [5.74, 6) is 5.54. The first-order valence-corrected chi connectivity index (χ1v) is 13.6. The molecule has 6 heteroatoms. The number of carbonyl (C=O) groups excluding carboxylic acids is 1. The van der Waals surface area contributed by atoms with Crippen LogP contribution in [0.3, 0.4) is 0 Å². The van der Waals surface area contributed by atoms with Crippen molar-refractivity contribution in [3.05, 3.63) is 35.9 Å². The van der Waals surface area contributed by atoms with Gasteiger partial charge in [-0.3, -0.25) is 4.79 Å². The molecule has 0 bridgehead atoms. The van der Waals surface area contributed by atoms with Crippen LogP contribution >= 0.6 is 0 Å². The van der Waals surface area contributed by atoms with Gasteiger partial charge in [-0.05, 0) is 42.5 Å². The van der Waals surface area contributed by atoms with Gasteiger partial charge in [-0.25, -0.2) is 0 Å². The van der Waals surface area contributed by atoms with Crippen LogP contribution in [0.4, 0.5) is 0 Å². The second kappa shape index (κ2) is 15.3. The molecule has 2 atom stereocenters. The summed E-state index contributed by atoms with van der Waals surface area (Å²) in [5, 5.41) is 18.2. The molecule has 0 aromatic heterocycles. The summed E-state index contributed by atoms with van der Waals surface area (Å²) in [6, 6.07) is 13.2. The van der Waals surface area contributed by atoms with Gasteiger partial charge in [0.15, 0.2) is 8.32 Å². The summed E-state index contributed by atoms with van der Waals surface area (Å²) in [6.45, 7) is 7.28. The fourth-order valence-corrected chi connectivity index (χ4v) is 6.14. The van der Waals surface area contributed by atoms with E-state index >= 15 is 0 Å². The van der Waals surface area contributed by atoms with Crippen LogP contribution in [0.2, 0.25) is 18.1 Å². The lowest BCUT2D eigenvalue weighted by atomic mass is 10.1. The second-order valence-electron chi connectivity index (χ2n) is 7.64. The second-order valence-corrected chi connectivity index (χ2v) is 12.4. The quantitative estimate of drug-likeness (QED) is 0.247. The fraction of sp³-hybridized carbons (Fsp3) is 0.625. The van der Waals surface area contributed by atoms with Crippen LogP contribution in [0.15, 0.2) is 30.3 Å². The molecule has 1 rings (SSSR count). The van der Waals surface area contributed by atoms with Crippen molar-refractivity contribution in [2.45, 2.75) is 83.4 Å². The van der Waals surface area contributed by atoms with Crippen LogP contribution in [-0.2, 0) is 20.6 Å². The highest BCUT2D eigenvalue weighted by Gasteiger charge is 2.31. The molecule has 0 unspecified atom stereocenters. The summed E-state index contributed by atoms with van der Waals surface area (Å²) in [6.07, 6.45) is 0.775. The minimum Gasteiger partial charge on any atom is -0.411 e. The molecule has 0 aliphatic heterocycles. The molecule has 0 aliphatic rings. The first kappa shape index (κ1) is 26.5. The number of ketones is 1. The molecule has 168 valence electrons.